The molecule has 0 bridgehead atoms. The Morgan fingerprint density at radius 3 is 2.73 bits per heavy atom. The SMILES string of the molecule is CCNS(=O)(=O)c1cccc(C(=O)N2CCCC(c3nnc4ccc(C(F)(F)F)cn34)C2)c1. The predicted molar refractivity (Wildman–Crippen MR) is 113 cm³/mol. The largest absolute Gasteiger partial charge is 0.417 e. The number of halogens is 3. The molecule has 33 heavy (non-hydrogen) atoms. The molecule has 3 aromatic rings. The standard InChI is InChI=1S/C21H22F3N5O3S/c1-2-25-33(31,32)17-7-3-5-14(11-17)20(30)28-10-4-6-15(12-28)19-27-26-18-9-8-16(13-29(18)19)21(22,23)24/h3,5,7-9,11,13,15,25H,2,4,6,10,12H2,1H3. The number of carbonyl (C=O) groups excluding carboxylic acids is 1. The molecule has 4 rings (SSSR count). The minimum Gasteiger partial charge on any atom is -0.338 e. The van der Waals surface area contributed by atoms with E-state index in [4.69, 9.17) is 0 Å². The predicted octanol–water partition coefficient (Wildman–Crippen LogP) is 3.07. The third-order valence-corrected chi connectivity index (χ3v) is 7.10. The summed E-state index contributed by atoms with van der Waals surface area (Å²) in [5.74, 6) is -0.301. The molecule has 1 fully saturated rings. The molecule has 1 amide bonds. The number of fused-ring (bicyclic) bond motifs is 1. The number of alkyl halides is 3. The maximum Gasteiger partial charge on any atom is 0.417 e. The zero-order valence-corrected chi connectivity index (χ0v) is 18.5. The summed E-state index contributed by atoms with van der Waals surface area (Å²) in [5.41, 5.74) is -0.290. The number of amides is 1. The lowest BCUT2D eigenvalue weighted by atomic mass is 9.96. The van der Waals surface area contributed by atoms with Crippen molar-refractivity contribution >= 4 is 21.6 Å². The van der Waals surface area contributed by atoms with Crippen LogP contribution in [0.5, 0.6) is 0 Å². The van der Waals surface area contributed by atoms with Crippen molar-refractivity contribution in [2.75, 3.05) is 19.6 Å². The van der Waals surface area contributed by atoms with E-state index in [2.05, 4.69) is 14.9 Å². The van der Waals surface area contributed by atoms with Crippen LogP contribution in [-0.4, -0.2) is 53.5 Å². The van der Waals surface area contributed by atoms with Crippen LogP contribution in [0.4, 0.5) is 13.2 Å². The van der Waals surface area contributed by atoms with Crippen LogP contribution in [0.2, 0.25) is 0 Å². The summed E-state index contributed by atoms with van der Waals surface area (Å²) < 4.78 is 67.8. The first-order chi connectivity index (χ1) is 15.6. The monoisotopic (exact) mass is 481 g/mol. The number of piperidine rings is 1. The van der Waals surface area contributed by atoms with E-state index in [-0.39, 0.29) is 35.4 Å². The second-order valence-electron chi connectivity index (χ2n) is 7.82. The van der Waals surface area contributed by atoms with E-state index in [1.54, 1.807) is 17.9 Å². The first-order valence-corrected chi connectivity index (χ1v) is 11.9. The molecule has 0 aliphatic carbocycles. The lowest BCUT2D eigenvalue weighted by Gasteiger charge is -2.32. The number of nitrogens with zero attached hydrogens (tertiary/aromatic N) is 4. The van der Waals surface area contributed by atoms with E-state index >= 15 is 0 Å². The molecule has 1 atom stereocenters. The summed E-state index contributed by atoms with van der Waals surface area (Å²) in [5, 5.41) is 8.07. The van der Waals surface area contributed by atoms with E-state index in [0.717, 1.165) is 12.3 Å². The molecule has 0 saturated carbocycles. The summed E-state index contributed by atoms with van der Waals surface area (Å²) in [6.07, 6.45) is -2.27. The van der Waals surface area contributed by atoms with Crippen molar-refractivity contribution in [3.63, 3.8) is 0 Å². The van der Waals surface area contributed by atoms with Crippen molar-refractivity contribution in [2.45, 2.75) is 36.8 Å². The van der Waals surface area contributed by atoms with Gasteiger partial charge in [0.15, 0.2) is 5.65 Å². The fourth-order valence-corrected chi connectivity index (χ4v) is 5.07. The van der Waals surface area contributed by atoms with Gasteiger partial charge in [0.1, 0.15) is 5.82 Å². The Kier molecular flexibility index (Phi) is 6.14. The molecule has 1 aromatic carbocycles. The van der Waals surface area contributed by atoms with Gasteiger partial charge in [-0.3, -0.25) is 9.20 Å². The minimum absolute atomic E-state index is 0.00751. The molecule has 2 aromatic heterocycles. The van der Waals surface area contributed by atoms with E-state index < -0.39 is 21.8 Å². The number of benzene rings is 1. The zero-order valence-electron chi connectivity index (χ0n) is 17.7. The molecule has 0 spiro atoms. The number of likely N-dealkylation sites (tertiary alicyclic amines) is 1. The van der Waals surface area contributed by atoms with Crippen molar-refractivity contribution in [3.05, 3.63) is 59.5 Å². The Balaban J connectivity index is 1.59. The smallest absolute Gasteiger partial charge is 0.338 e. The number of carbonyl (C=O) groups is 1. The van der Waals surface area contributed by atoms with Crippen LogP contribution in [0, 0.1) is 0 Å². The molecule has 1 aliphatic rings. The number of pyridine rings is 1. The van der Waals surface area contributed by atoms with Crippen LogP contribution in [0.15, 0.2) is 47.5 Å². The van der Waals surface area contributed by atoms with Gasteiger partial charge >= 0.3 is 6.18 Å². The molecule has 1 saturated heterocycles. The van der Waals surface area contributed by atoms with Crippen LogP contribution >= 0.6 is 0 Å². The second kappa shape index (κ2) is 8.75. The number of sulfonamides is 1. The van der Waals surface area contributed by atoms with Gasteiger partial charge in [-0.2, -0.15) is 13.2 Å². The van der Waals surface area contributed by atoms with Crippen LogP contribution in [0.1, 0.15) is 47.4 Å². The average Bonchev–Trinajstić information content (AvgIpc) is 3.21. The molecule has 8 nitrogen and oxygen atoms in total. The average molecular weight is 482 g/mol. The van der Waals surface area contributed by atoms with E-state index in [1.807, 2.05) is 0 Å². The highest BCUT2D eigenvalue weighted by Gasteiger charge is 2.33. The van der Waals surface area contributed by atoms with Gasteiger partial charge in [-0.15, -0.1) is 10.2 Å². The van der Waals surface area contributed by atoms with Crippen LogP contribution in [0.3, 0.4) is 0 Å². The van der Waals surface area contributed by atoms with E-state index in [1.165, 1.54) is 28.7 Å². The molecular weight excluding hydrogens is 459 g/mol. The fraction of sp³-hybridized carbons (Fsp3) is 0.381. The molecule has 0 radical (unpaired) electrons. The summed E-state index contributed by atoms with van der Waals surface area (Å²) in [6.45, 7) is 2.56. The van der Waals surface area contributed by atoms with Gasteiger partial charge in [-0.1, -0.05) is 13.0 Å². The number of aromatic nitrogens is 3. The first kappa shape index (κ1) is 23.2. The van der Waals surface area contributed by atoms with Crippen molar-refractivity contribution in [1.82, 2.24) is 24.2 Å². The number of hydrogen-bond donors (Lipinski definition) is 1. The molecular formula is C21H22F3N5O3S. The van der Waals surface area contributed by atoms with Crippen molar-refractivity contribution in [2.24, 2.45) is 0 Å². The summed E-state index contributed by atoms with van der Waals surface area (Å²) in [4.78, 5) is 14.7. The maximum atomic E-state index is 13.2. The lowest BCUT2D eigenvalue weighted by Crippen LogP contribution is -2.39. The maximum absolute atomic E-state index is 13.2. The Morgan fingerprint density at radius 2 is 2.00 bits per heavy atom. The molecule has 1 unspecified atom stereocenters. The molecule has 176 valence electrons. The van der Waals surface area contributed by atoms with E-state index in [0.29, 0.717) is 30.9 Å². The van der Waals surface area contributed by atoms with Gasteiger partial charge in [-0.25, -0.2) is 13.1 Å². The molecule has 1 aliphatic heterocycles. The van der Waals surface area contributed by atoms with Crippen molar-refractivity contribution < 1.29 is 26.4 Å². The van der Waals surface area contributed by atoms with Crippen LogP contribution in [-0.2, 0) is 16.2 Å². The molecule has 3 heterocycles. The van der Waals surface area contributed by atoms with Gasteiger partial charge < -0.3 is 4.90 Å². The topological polar surface area (TPSA) is 96.7 Å². The van der Waals surface area contributed by atoms with Crippen molar-refractivity contribution in [3.8, 4) is 0 Å². The number of nitrogens with one attached hydrogen (secondary N) is 1. The van der Waals surface area contributed by atoms with Gasteiger partial charge in [0.05, 0.1) is 10.5 Å². The van der Waals surface area contributed by atoms with Gasteiger partial charge in [-0.05, 0) is 43.2 Å². The quantitative estimate of drug-likeness (QED) is 0.604. The number of rotatable bonds is 5. The Labute approximate surface area is 188 Å². The third-order valence-electron chi connectivity index (χ3n) is 5.56. The minimum atomic E-state index is -4.50. The first-order valence-electron chi connectivity index (χ1n) is 10.4. The van der Waals surface area contributed by atoms with Gasteiger partial charge in [0.25, 0.3) is 5.91 Å². The zero-order chi connectivity index (χ0) is 23.8. The van der Waals surface area contributed by atoms with Crippen LogP contribution in [0.25, 0.3) is 5.65 Å². The third kappa shape index (κ3) is 4.71. The second-order valence-corrected chi connectivity index (χ2v) is 9.59. The summed E-state index contributed by atoms with van der Waals surface area (Å²) in [7, 11) is -3.72. The molecule has 12 heteroatoms. The van der Waals surface area contributed by atoms with Crippen LogP contribution < -0.4 is 4.72 Å². The van der Waals surface area contributed by atoms with Gasteiger partial charge in [0, 0.05) is 37.3 Å². The fourth-order valence-electron chi connectivity index (χ4n) is 3.98. The highest BCUT2D eigenvalue weighted by Crippen LogP contribution is 2.31. The normalized spacial score (nSPS) is 17.5. The number of hydrogen-bond acceptors (Lipinski definition) is 5. The Hall–Kier alpha value is -2.99. The Morgan fingerprint density at radius 1 is 1.21 bits per heavy atom. The Bertz CT molecular complexity index is 1290. The lowest BCUT2D eigenvalue weighted by molar-refractivity contribution is -0.137. The summed E-state index contributed by atoms with van der Waals surface area (Å²) in [6, 6.07) is 8.00. The highest BCUT2D eigenvalue weighted by molar-refractivity contribution is 7.89. The van der Waals surface area contributed by atoms with Gasteiger partial charge in [0.2, 0.25) is 10.0 Å². The summed E-state index contributed by atoms with van der Waals surface area (Å²) >= 11 is 0. The molecule has 1 N–H and O–H groups in total. The highest BCUT2D eigenvalue weighted by atomic mass is 32.2. The van der Waals surface area contributed by atoms with E-state index in [9.17, 15) is 26.4 Å². The van der Waals surface area contributed by atoms with Crippen molar-refractivity contribution in [1.29, 1.82) is 0 Å².